The zero-order valence-corrected chi connectivity index (χ0v) is 8.39. The van der Waals surface area contributed by atoms with Crippen LogP contribution in [-0.4, -0.2) is 7.85 Å². The first-order valence-corrected chi connectivity index (χ1v) is 5.13. The molecule has 1 rings (SSSR count). The first kappa shape index (κ1) is 8.86. The van der Waals surface area contributed by atoms with E-state index in [9.17, 15) is 0 Å². The fourth-order valence-corrected chi connectivity index (χ4v) is 1.75. The summed E-state index contributed by atoms with van der Waals surface area (Å²) in [6, 6.07) is 8.59. The molecule has 1 aromatic carbocycles. The van der Waals surface area contributed by atoms with Crippen LogP contribution in [0.25, 0.3) is 0 Å². The van der Waals surface area contributed by atoms with E-state index in [2.05, 4.69) is 48.0 Å². The zero-order chi connectivity index (χ0) is 8.10. The molecule has 0 N–H and O–H groups in total. The topological polar surface area (TPSA) is 0 Å². The van der Waals surface area contributed by atoms with Crippen LogP contribution in [0, 0.1) is 0 Å². The van der Waals surface area contributed by atoms with Gasteiger partial charge >= 0.3 is 0 Å². The Kier molecular flexibility index (Phi) is 3.71. The maximum absolute atomic E-state index is 3.48. The summed E-state index contributed by atoms with van der Waals surface area (Å²) in [5, 5.41) is 0.975. The highest BCUT2D eigenvalue weighted by atomic mass is 79.9. The van der Waals surface area contributed by atoms with Crippen LogP contribution in [0.4, 0.5) is 0 Å². The molecular weight excluding hydrogens is 199 g/mol. The van der Waals surface area contributed by atoms with Gasteiger partial charge in [0.2, 0.25) is 0 Å². The molecule has 0 radical (unpaired) electrons. The molecule has 0 spiro atoms. The van der Waals surface area contributed by atoms with Gasteiger partial charge in [-0.15, -0.1) is 0 Å². The van der Waals surface area contributed by atoms with Crippen molar-refractivity contribution in [2.75, 3.05) is 0 Å². The van der Waals surface area contributed by atoms with Crippen molar-refractivity contribution < 1.29 is 0 Å². The third-order valence-corrected chi connectivity index (χ3v) is 2.39. The maximum Gasteiger partial charge on any atom is 0.101 e. The number of benzene rings is 1. The van der Waals surface area contributed by atoms with Crippen molar-refractivity contribution in [3.63, 3.8) is 0 Å². The lowest BCUT2D eigenvalue weighted by atomic mass is 9.95. The van der Waals surface area contributed by atoms with Crippen LogP contribution in [0.1, 0.15) is 11.1 Å². The van der Waals surface area contributed by atoms with E-state index >= 15 is 0 Å². The van der Waals surface area contributed by atoms with Crippen LogP contribution < -0.4 is 0 Å². The van der Waals surface area contributed by atoms with Gasteiger partial charge in [-0.05, 0) is 17.5 Å². The number of halogens is 1. The summed E-state index contributed by atoms with van der Waals surface area (Å²) in [7, 11) is 2.21. The van der Waals surface area contributed by atoms with Crippen molar-refractivity contribution in [2.24, 2.45) is 0 Å². The molecule has 0 saturated carbocycles. The van der Waals surface area contributed by atoms with Crippen molar-refractivity contribution >= 4 is 23.8 Å². The van der Waals surface area contributed by atoms with Gasteiger partial charge in [-0.25, -0.2) is 0 Å². The summed E-state index contributed by atoms with van der Waals surface area (Å²) >= 11 is 3.48. The van der Waals surface area contributed by atoms with Crippen LogP contribution in [0.15, 0.2) is 24.3 Å². The lowest BCUT2D eigenvalue weighted by molar-refractivity contribution is 1.10. The summed E-state index contributed by atoms with van der Waals surface area (Å²) < 4.78 is 0. The number of aryl methyl sites for hydroxylation is 1. The SMILES string of the molecule is BCCc1ccccc1CBr. The third kappa shape index (κ3) is 2.37. The molecule has 0 bridgehead atoms. The fourth-order valence-electron chi connectivity index (χ4n) is 1.20. The van der Waals surface area contributed by atoms with Crippen LogP contribution in [-0.2, 0) is 11.8 Å². The highest BCUT2D eigenvalue weighted by Gasteiger charge is 1.96. The Morgan fingerprint density at radius 2 is 1.82 bits per heavy atom. The highest BCUT2D eigenvalue weighted by molar-refractivity contribution is 9.08. The summed E-state index contributed by atoms with van der Waals surface area (Å²) in [6.45, 7) is 0. The predicted octanol–water partition coefficient (Wildman–Crippen LogP) is 2.18. The molecule has 0 atom stereocenters. The molecule has 0 aromatic heterocycles. The van der Waals surface area contributed by atoms with Crippen molar-refractivity contribution in [1.82, 2.24) is 0 Å². The van der Waals surface area contributed by atoms with Crippen molar-refractivity contribution in [3.05, 3.63) is 35.4 Å². The van der Waals surface area contributed by atoms with Crippen LogP contribution in [0.2, 0.25) is 6.32 Å². The molecule has 0 fully saturated rings. The van der Waals surface area contributed by atoms with Gasteiger partial charge in [0, 0.05) is 5.33 Å². The van der Waals surface area contributed by atoms with Gasteiger partial charge in [0.05, 0.1) is 0 Å². The molecule has 0 aliphatic heterocycles. The quantitative estimate of drug-likeness (QED) is 0.530. The normalized spacial score (nSPS) is 9.91. The minimum atomic E-state index is 0.975. The van der Waals surface area contributed by atoms with E-state index < -0.39 is 0 Å². The fraction of sp³-hybridized carbons (Fsp3) is 0.333. The van der Waals surface area contributed by atoms with E-state index in [1.54, 1.807) is 0 Å². The second kappa shape index (κ2) is 4.60. The monoisotopic (exact) mass is 210 g/mol. The number of hydrogen-bond acceptors (Lipinski definition) is 0. The van der Waals surface area contributed by atoms with Crippen LogP contribution in [0.3, 0.4) is 0 Å². The molecule has 0 saturated heterocycles. The Morgan fingerprint density at radius 3 is 2.36 bits per heavy atom. The highest BCUT2D eigenvalue weighted by Crippen LogP contribution is 2.13. The number of alkyl halides is 1. The van der Waals surface area contributed by atoms with Gasteiger partial charge in [0.25, 0.3) is 0 Å². The van der Waals surface area contributed by atoms with Gasteiger partial charge in [-0.1, -0.05) is 46.5 Å². The van der Waals surface area contributed by atoms with Gasteiger partial charge in [0.1, 0.15) is 7.85 Å². The van der Waals surface area contributed by atoms with E-state index in [1.165, 1.54) is 23.9 Å². The van der Waals surface area contributed by atoms with E-state index in [0.717, 1.165) is 5.33 Å². The minimum Gasteiger partial charge on any atom is -0.0876 e. The molecular formula is C9H12BBr. The van der Waals surface area contributed by atoms with Crippen molar-refractivity contribution in [2.45, 2.75) is 18.1 Å². The van der Waals surface area contributed by atoms with Gasteiger partial charge in [-0.3, -0.25) is 0 Å². The van der Waals surface area contributed by atoms with Gasteiger partial charge in [0.15, 0.2) is 0 Å². The molecule has 0 amide bonds. The molecule has 11 heavy (non-hydrogen) atoms. The Labute approximate surface area is 77.5 Å². The smallest absolute Gasteiger partial charge is 0.0876 e. The second-order valence-electron chi connectivity index (χ2n) is 2.65. The van der Waals surface area contributed by atoms with E-state index in [1.807, 2.05) is 0 Å². The molecule has 0 unspecified atom stereocenters. The summed E-state index contributed by atoms with van der Waals surface area (Å²) in [5.41, 5.74) is 2.90. The Hall–Kier alpha value is -0.235. The van der Waals surface area contributed by atoms with Crippen molar-refractivity contribution in [1.29, 1.82) is 0 Å². The summed E-state index contributed by atoms with van der Waals surface area (Å²) in [5.74, 6) is 0. The zero-order valence-electron chi connectivity index (χ0n) is 6.81. The van der Waals surface area contributed by atoms with E-state index in [4.69, 9.17) is 0 Å². The molecule has 58 valence electrons. The molecule has 0 heterocycles. The molecule has 2 heteroatoms. The average Bonchev–Trinajstić information content (AvgIpc) is 2.06. The second-order valence-corrected chi connectivity index (χ2v) is 3.21. The van der Waals surface area contributed by atoms with E-state index in [-0.39, 0.29) is 0 Å². The van der Waals surface area contributed by atoms with Crippen LogP contribution >= 0.6 is 15.9 Å². The summed E-state index contributed by atoms with van der Waals surface area (Å²) in [6.07, 6.45) is 2.42. The third-order valence-electron chi connectivity index (χ3n) is 1.78. The van der Waals surface area contributed by atoms with E-state index in [0.29, 0.717) is 0 Å². The largest absolute Gasteiger partial charge is 0.101 e. The molecule has 1 aromatic rings. The minimum absolute atomic E-state index is 0.975. The molecule has 0 nitrogen and oxygen atoms in total. The molecule has 0 aliphatic rings. The molecule has 0 aliphatic carbocycles. The Balaban J connectivity index is 2.83. The first-order chi connectivity index (χ1) is 5.38. The number of rotatable bonds is 3. The lowest BCUT2D eigenvalue weighted by Gasteiger charge is -2.03. The maximum atomic E-state index is 3.48. The van der Waals surface area contributed by atoms with Gasteiger partial charge < -0.3 is 0 Å². The summed E-state index contributed by atoms with van der Waals surface area (Å²) in [4.78, 5) is 0. The van der Waals surface area contributed by atoms with Gasteiger partial charge in [-0.2, -0.15) is 0 Å². The lowest BCUT2D eigenvalue weighted by Crippen LogP contribution is -1.89. The Morgan fingerprint density at radius 1 is 1.18 bits per heavy atom. The first-order valence-electron chi connectivity index (χ1n) is 4.01. The van der Waals surface area contributed by atoms with Crippen LogP contribution in [0.5, 0.6) is 0 Å². The Bertz CT molecular complexity index is 223. The van der Waals surface area contributed by atoms with Crippen molar-refractivity contribution in [3.8, 4) is 0 Å². The predicted molar refractivity (Wildman–Crippen MR) is 56.1 cm³/mol. The average molecular weight is 211 g/mol. The number of hydrogen-bond donors (Lipinski definition) is 0. The standard InChI is InChI=1S/C9H12BBr/c10-6-5-8-3-1-2-4-9(8)7-11/h1-4H,5-7,10H2.